The Bertz CT molecular complexity index is 575. The number of amides is 1. The summed E-state index contributed by atoms with van der Waals surface area (Å²) >= 11 is 0. The quantitative estimate of drug-likeness (QED) is 0.150. The maximum absolute atomic E-state index is 12.5. The van der Waals surface area contributed by atoms with Crippen LogP contribution in [0.5, 0.6) is 0 Å². The second kappa shape index (κ2) is 13.1. The number of nitrogens with two attached hydrogens (primary N) is 4. The second-order valence-electron chi connectivity index (χ2n) is 8.68. The molecule has 0 spiro atoms. The van der Waals surface area contributed by atoms with E-state index in [1.807, 2.05) is 0 Å². The molecule has 1 aliphatic heterocycles. The number of carbonyl (C=O) groups excluding carboxylic acids is 1. The molecule has 2 aliphatic rings. The normalized spacial score (nSPS) is 38.9. The lowest BCUT2D eigenvalue weighted by atomic mass is 9.81. The van der Waals surface area contributed by atoms with E-state index < -0.39 is 48.8 Å². The minimum Gasteiger partial charge on any atom is -0.389 e. The molecule has 2 fully saturated rings. The van der Waals surface area contributed by atoms with Gasteiger partial charge in [0.05, 0.1) is 36.4 Å². The summed E-state index contributed by atoms with van der Waals surface area (Å²) in [4.78, 5) is 12.5. The van der Waals surface area contributed by atoms with Crippen LogP contribution < -0.4 is 33.6 Å². The van der Waals surface area contributed by atoms with Crippen molar-refractivity contribution in [2.75, 3.05) is 27.2 Å². The molecule has 1 saturated carbocycles. The molecule has 0 radical (unpaired) electrons. The van der Waals surface area contributed by atoms with E-state index in [0.29, 0.717) is 25.8 Å². The zero-order valence-electron chi connectivity index (χ0n) is 19.1. The summed E-state index contributed by atoms with van der Waals surface area (Å²) in [6.07, 6.45) is -2.18. The van der Waals surface area contributed by atoms with Crippen LogP contribution in [0, 0.1) is 0 Å². The Morgan fingerprint density at radius 3 is 2.53 bits per heavy atom. The first kappa shape index (κ1) is 27.3. The molecule has 1 amide bonds. The van der Waals surface area contributed by atoms with Crippen LogP contribution in [0.1, 0.15) is 32.1 Å². The smallest absolute Gasteiger partial charge is 0.221 e. The number of aliphatic hydroxyl groups excluding tert-OH is 2. The molecule has 1 heterocycles. The van der Waals surface area contributed by atoms with Crippen LogP contribution in [0.4, 0.5) is 0 Å². The van der Waals surface area contributed by atoms with E-state index in [1.165, 1.54) is 7.11 Å². The van der Waals surface area contributed by atoms with Crippen LogP contribution in [0.2, 0.25) is 0 Å². The number of nitrogens with one attached hydrogen (secondary N) is 2. The van der Waals surface area contributed by atoms with Crippen molar-refractivity contribution in [3.05, 3.63) is 0 Å². The van der Waals surface area contributed by atoms with Crippen LogP contribution in [-0.2, 0) is 19.0 Å². The zero-order chi connectivity index (χ0) is 23.8. The standard InChI is InChI=1S/C20H42N6O6/c1-25-15-17(29)18(14(24)16(28)19(15)30-2)32-20-12(6-5-11(9-22)31-20)26-13(27)8-10(23)4-3-7-21/h10-12,14-20,25,28-29H,3-9,21-24H2,1-2H3,(H,26,27)/t10-,11+,12+,14+,15+,16-,17+,18+,19+,20+/m1/s1. The van der Waals surface area contributed by atoms with Crippen molar-refractivity contribution < 1.29 is 29.2 Å². The summed E-state index contributed by atoms with van der Waals surface area (Å²) in [6.45, 7) is 0.812. The van der Waals surface area contributed by atoms with Gasteiger partial charge in [-0.15, -0.1) is 0 Å². The number of hydrogen-bond donors (Lipinski definition) is 8. The predicted octanol–water partition coefficient (Wildman–Crippen LogP) is -3.56. The van der Waals surface area contributed by atoms with Crippen molar-refractivity contribution in [2.45, 2.75) is 93.1 Å². The molecule has 0 aromatic rings. The van der Waals surface area contributed by atoms with Crippen molar-refractivity contribution >= 4 is 5.91 Å². The van der Waals surface area contributed by atoms with Gasteiger partial charge >= 0.3 is 0 Å². The Hall–Kier alpha value is -0.930. The third-order valence-corrected chi connectivity index (χ3v) is 6.36. The summed E-state index contributed by atoms with van der Waals surface area (Å²) in [7, 11) is 3.10. The minimum absolute atomic E-state index is 0.158. The number of ether oxygens (including phenoxy) is 3. The molecular weight excluding hydrogens is 420 g/mol. The number of rotatable bonds is 11. The van der Waals surface area contributed by atoms with Gasteiger partial charge < -0.3 is 58.0 Å². The van der Waals surface area contributed by atoms with Crippen LogP contribution in [0.3, 0.4) is 0 Å². The van der Waals surface area contributed by atoms with Crippen LogP contribution >= 0.6 is 0 Å². The molecule has 1 aliphatic carbocycles. The van der Waals surface area contributed by atoms with E-state index in [2.05, 4.69) is 10.6 Å². The van der Waals surface area contributed by atoms with E-state index in [1.54, 1.807) is 7.05 Å². The minimum atomic E-state index is -1.08. The Morgan fingerprint density at radius 1 is 1.22 bits per heavy atom. The van der Waals surface area contributed by atoms with Gasteiger partial charge in [0.15, 0.2) is 6.29 Å². The Kier molecular flexibility index (Phi) is 11.2. The first-order valence-electron chi connectivity index (χ1n) is 11.3. The average molecular weight is 463 g/mol. The molecule has 0 aromatic carbocycles. The summed E-state index contributed by atoms with van der Waals surface area (Å²) < 4.78 is 17.4. The summed E-state index contributed by atoms with van der Waals surface area (Å²) in [5.41, 5.74) is 23.5. The predicted molar refractivity (Wildman–Crippen MR) is 118 cm³/mol. The SMILES string of the molecule is CN[C@H]1[C@H](O)[C@@H](O[C@@H]2O[C@H](CN)CC[C@@H]2NC(=O)C[C@H](N)CCCN)[C@@H](N)[C@@H](O)[C@H]1OC. The number of carbonyl (C=O) groups is 1. The molecule has 12 heteroatoms. The van der Waals surface area contributed by atoms with E-state index >= 15 is 0 Å². The third kappa shape index (κ3) is 6.79. The molecule has 0 aromatic heterocycles. The summed E-state index contributed by atoms with van der Waals surface area (Å²) in [5.74, 6) is -0.219. The summed E-state index contributed by atoms with van der Waals surface area (Å²) in [5, 5.41) is 27.4. The van der Waals surface area contributed by atoms with Gasteiger partial charge in [0.25, 0.3) is 0 Å². The number of aliphatic hydroxyl groups is 2. The molecule has 1 saturated heterocycles. The highest BCUT2D eigenvalue weighted by molar-refractivity contribution is 5.76. The number of methoxy groups -OCH3 is 1. The van der Waals surface area contributed by atoms with Crippen molar-refractivity contribution in [1.82, 2.24) is 10.6 Å². The maximum atomic E-state index is 12.5. The highest BCUT2D eigenvalue weighted by atomic mass is 16.7. The zero-order valence-corrected chi connectivity index (χ0v) is 19.1. The van der Waals surface area contributed by atoms with Gasteiger partial charge in [-0.25, -0.2) is 0 Å². The molecule has 0 unspecified atom stereocenters. The highest BCUT2D eigenvalue weighted by Gasteiger charge is 2.50. The van der Waals surface area contributed by atoms with Crippen molar-refractivity contribution in [2.24, 2.45) is 22.9 Å². The second-order valence-corrected chi connectivity index (χ2v) is 8.68. The topological polar surface area (TPSA) is 213 Å². The van der Waals surface area contributed by atoms with Gasteiger partial charge in [-0.05, 0) is 39.3 Å². The maximum Gasteiger partial charge on any atom is 0.221 e. The van der Waals surface area contributed by atoms with Gasteiger partial charge in [0.1, 0.15) is 12.2 Å². The van der Waals surface area contributed by atoms with Gasteiger partial charge in [0.2, 0.25) is 5.91 Å². The van der Waals surface area contributed by atoms with E-state index in [0.717, 1.165) is 6.42 Å². The van der Waals surface area contributed by atoms with Crippen LogP contribution in [-0.4, -0.2) is 104 Å². The molecule has 12 nitrogen and oxygen atoms in total. The first-order valence-corrected chi connectivity index (χ1v) is 11.3. The first-order chi connectivity index (χ1) is 15.3. The fourth-order valence-electron chi connectivity index (χ4n) is 4.48. The molecule has 188 valence electrons. The van der Waals surface area contributed by atoms with Gasteiger partial charge in [-0.3, -0.25) is 4.79 Å². The molecule has 2 rings (SSSR count). The lowest BCUT2D eigenvalue weighted by Crippen LogP contribution is -2.71. The highest BCUT2D eigenvalue weighted by Crippen LogP contribution is 2.29. The van der Waals surface area contributed by atoms with Crippen LogP contribution in [0.25, 0.3) is 0 Å². The average Bonchev–Trinajstić information content (AvgIpc) is 2.78. The Labute approximate surface area is 189 Å². The largest absolute Gasteiger partial charge is 0.389 e. The lowest BCUT2D eigenvalue weighted by molar-refractivity contribution is -0.262. The number of likely N-dealkylation sites (N-methyl/N-ethyl adjacent to an activating group) is 1. The Morgan fingerprint density at radius 2 is 1.94 bits per heavy atom. The monoisotopic (exact) mass is 462 g/mol. The van der Waals surface area contributed by atoms with E-state index in [-0.39, 0.29) is 31.0 Å². The third-order valence-electron chi connectivity index (χ3n) is 6.36. The van der Waals surface area contributed by atoms with Gasteiger partial charge in [-0.2, -0.15) is 0 Å². The van der Waals surface area contributed by atoms with Gasteiger partial charge in [-0.1, -0.05) is 0 Å². The molecule has 10 atom stereocenters. The fourth-order valence-corrected chi connectivity index (χ4v) is 4.48. The molecule has 12 N–H and O–H groups in total. The molecule has 32 heavy (non-hydrogen) atoms. The van der Waals surface area contributed by atoms with E-state index in [4.69, 9.17) is 37.1 Å². The molecule has 0 bridgehead atoms. The van der Waals surface area contributed by atoms with Gasteiger partial charge in [0, 0.05) is 26.1 Å². The summed E-state index contributed by atoms with van der Waals surface area (Å²) in [6, 6.07) is -2.30. The van der Waals surface area contributed by atoms with Crippen molar-refractivity contribution in [3.63, 3.8) is 0 Å². The fraction of sp³-hybridized carbons (Fsp3) is 0.950. The Balaban J connectivity index is 2.09. The van der Waals surface area contributed by atoms with Crippen molar-refractivity contribution in [1.29, 1.82) is 0 Å². The molecular formula is C20H42N6O6. The number of hydrogen-bond acceptors (Lipinski definition) is 11. The van der Waals surface area contributed by atoms with Crippen LogP contribution in [0.15, 0.2) is 0 Å². The van der Waals surface area contributed by atoms with Crippen molar-refractivity contribution in [3.8, 4) is 0 Å². The lowest BCUT2D eigenvalue weighted by Gasteiger charge is -2.48. The van der Waals surface area contributed by atoms with E-state index in [9.17, 15) is 15.0 Å².